The number of hydrogen-bond donors (Lipinski definition) is 3. The van der Waals surface area contributed by atoms with E-state index in [4.69, 9.17) is 19.7 Å². The Kier molecular flexibility index (Phi) is 62.2. The zero-order valence-electron chi connectivity index (χ0n) is 49.3. The lowest BCUT2D eigenvalue weighted by molar-refractivity contribution is -0.150. The SMILES string of the molecule is CCCCCCCC(CCCCCCC)OC(=O)CCCC(=O)CCCC(=O)OC(CCCCCCC)CCCCCCC.CCCCCCCC(O)CCCCCCC.O=C(O)CCCC(=O)CCCC(=O)O. The van der Waals surface area contributed by atoms with Crippen molar-refractivity contribution in [3.8, 4) is 0 Å². The summed E-state index contributed by atoms with van der Waals surface area (Å²) >= 11 is 0. The molecule has 0 spiro atoms. The molecule has 11 nitrogen and oxygen atoms in total. The molecule has 74 heavy (non-hydrogen) atoms. The van der Waals surface area contributed by atoms with Crippen LogP contribution in [0.15, 0.2) is 0 Å². The van der Waals surface area contributed by atoms with Gasteiger partial charge in [-0.3, -0.25) is 28.8 Å². The number of rotatable bonds is 54. The highest BCUT2D eigenvalue weighted by atomic mass is 16.5. The van der Waals surface area contributed by atoms with E-state index in [9.17, 15) is 33.9 Å². The number of aliphatic carboxylic acids is 2. The van der Waals surface area contributed by atoms with Gasteiger partial charge in [-0.1, -0.05) is 208 Å². The van der Waals surface area contributed by atoms with Crippen LogP contribution in [0.4, 0.5) is 0 Å². The second-order valence-electron chi connectivity index (χ2n) is 21.4. The first kappa shape index (κ1) is 75.4. The molecule has 0 aromatic carbocycles. The van der Waals surface area contributed by atoms with Crippen molar-refractivity contribution in [2.24, 2.45) is 0 Å². The molecular formula is C63H120O11. The zero-order chi connectivity index (χ0) is 55.6. The van der Waals surface area contributed by atoms with Gasteiger partial charge in [0.15, 0.2) is 0 Å². The zero-order valence-corrected chi connectivity index (χ0v) is 49.3. The van der Waals surface area contributed by atoms with Gasteiger partial charge in [-0.2, -0.15) is 0 Å². The van der Waals surface area contributed by atoms with Crippen LogP contribution < -0.4 is 0 Å². The molecular weight excluding hydrogens is 933 g/mol. The predicted molar refractivity (Wildman–Crippen MR) is 307 cm³/mol. The molecule has 0 aromatic heterocycles. The number of carboxylic acid groups (broad SMARTS) is 2. The van der Waals surface area contributed by atoms with Gasteiger partial charge in [0, 0.05) is 51.4 Å². The van der Waals surface area contributed by atoms with E-state index >= 15 is 0 Å². The summed E-state index contributed by atoms with van der Waals surface area (Å²) in [7, 11) is 0. The summed E-state index contributed by atoms with van der Waals surface area (Å²) in [5.74, 6) is -2.09. The van der Waals surface area contributed by atoms with Gasteiger partial charge in [-0.25, -0.2) is 0 Å². The van der Waals surface area contributed by atoms with Gasteiger partial charge in [0.25, 0.3) is 0 Å². The fourth-order valence-electron chi connectivity index (χ4n) is 9.01. The second-order valence-corrected chi connectivity index (χ2v) is 21.4. The minimum absolute atomic E-state index is 0.00926. The molecule has 0 aliphatic rings. The summed E-state index contributed by atoms with van der Waals surface area (Å²) < 4.78 is 11.8. The number of Topliss-reactive ketones (excluding diaryl/α,β-unsaturated/α-hetero) is 2. The Labute approximate surface area is 455 Å². The van der Waals surface area contributed by atoms with Crippen LogP contribution in [0, 0.1) is 0 Å². The summed E-state index contributed by atoms with van der Waals surface area (Å²) in [5, 5.41) is 26.3. The van der Waals surface area contributed by atoms with Crippen LogP contribution in [-0.2, 0) is 38.2 Å². The lowest BCUT2D eigenvalue weighted by Gasteiger charge is -2.18. The van der Waals surface area contributed by atoms with Crippen molar-refractivity contribution in [3.05, 3.63) is 0 Å². The quantitative estimate of drug-likeness (QED) is 0.0389. The van der Waals surface area contributed by atoms with Gasteiger partial charge in [-0.15, -0.1) is 0 Å². The van der Waals surface area contributed by atoms with E-state index in [1.165, 1.54) is 167 Å². The third-order valence-corrected chi connectivity index (χ3v) is 13.8. The first-order chi connectivity index (χ1) is 35.8. The Bertz CT molecular complexity index is 1150. The van der Waals surface area contributed by atoms with Gasteiger partial charge in [0.05, 0.1) is 6.10 Å². The number of aliphatic hydroxyl groups excluding tert-OH is 1. The first-order valence-electron chi connectivity index (χ1n) is 31.3. The number of aliphatic hydroxyl groups is 1. The topological polar surface area (TPSA) is 182 Å². The van der Waals surface area contributed by atoms with E-state index in [2.05, 4.69) is 41.5 Å². The number of ketones is 2. The Morgan fingerprint density at radius 3 is 0.730 bits per heavy atom. The van der Waals surface area contributed by atoms with Crippen molar-refractivity contribution in [2.75, 3.05) is 0 Å². The van der Waals surface area contributed by atoms with E-state index in [-0.39, 0.29) is 67.5 Å². The number of hydrogen-bond acceptors (Lipinski definition) is 9. The molecule has 0 aromatic rings. The van der Waals surface area contributed by atoms with E-state index in [1.54, 1.807) is 0 Å². The third kappa shape index (κ3) is 63.5. The fourth-order valence-corrected chi connectivity index (χ4v) is 9.01. The lowest BCUT2D eigenvalue weighted by Crippen LogP contribution is -2.19. The van der Waals surface area contributed by atoms with Crippen LogP contribution in [0.5, 0.6) is 0 Å². The number of esters is 2. The molecule has 0 bridgehead atoms. The van der Waals surface area contributed by atoms with Crippen LogP contribution in [0.1, 0.15) is 350 Å². The number of carbonyl (C=O) groups excluding carboxylic acids is 4. The van der Waals surface area contributed by atoms with Crippen molar-refractivity contribution >= 4 is 35.4 Å². The maximum absolute atomic E-state index is 12.6. The van der Waals surface area contributed by atoms with Gasteiger partial charge in [0.1, 0.15) is 23.8 Å². The molecule has 0 unspecified atom stereocenters. The van der Waals surface area contributed by atoms with E-state index in [1.807, 2.05) is 0 Å². The van der Waals surface area contributed by atoms with Crippen LogP contribution in [0.3, 0.4) is 0 Å². The molecule has 0 atom stereocenters. The molecule has 0 aliphatic heterocycles. The minimum atomic E-state index is -0.914. The molecule has 0 amide bonds. The van der Waals surface area contributed by atoms with E-state index in [0.717, 1.165) is 64.2 Å². The monoisotopic (exact) mass is 1050 g/mol. The maximum atomic E-state index is 12.6. The largest absolute Gasteiger partial charge is 0.481 e. The molecule has 0 radical (unpaired) electrons. The number of carbonyl (C=O) groups is 6. The minimum Gasteiger partial charge on any atom is -0.481 e. The van der Waals surface area contributed by atoms with Crippen LogP contribution in [0.2, 0.25) is 0 Å². The Balaban J connectivity index is -0.00000136. The summed E-state index contributed by atoms with van der Waals surface area (Å²) in [6.45, 7) is 13.4. The lowest BCUT2D eigenvalue weighted by atomic mass is 10.0. The first-order valence-corrected chi connectivity index (χ1v) is 31.3. The molecule has 0 rings (SSSR count). The Morgan fingerprint density at radius 2 is 0.500 bits per heavy atom. The van der Waals surface area contributed by atoms with Crippen molar-refractivity contribution in [1.29, 1.82) is 0 Å². The standard InChI is InChI=1S/C39H74O5.C15H32O.C9H14O5/c1-5-9-13-17-21-29-36(30-22-18-14-10-6-2)43-38(41)33-25-27-35(40)28-26-34-39(42)44-37(31-23-19-15-11-7-3)32-24-20-16-12-8-4;1-3-5-7-9-11-13-15(16)14-12-10-8-6-4-2;10-7(3-1-5-8(11)12)4-2-6-9(13)14/h36-37H,5-34H2,1-4H3;15-16H,3-14H2,1-2H3;1-6H2,(H,11,12)(H,13,14). The van der Waals surface area contributed by atoms with Crippen molar-refractivity contribution in [1.82, 2.24) is 0 Å². The Hall–Kier alpha value is -2.82. The highest BCUT2D eigenvalue weighted by Crippen LogP contribution is 2.20. The molecule has 0 saturated heterocycles. The average molecular weight is 1050 g/mol. The summed E-state index contributed by atoms with van der Waals surface area (Å²) in [4.78, 5) is 68.8. The Morgan fingerprint density at radius 1 is 0.284 bits per heavy atom. The molecule has 0 saturated carbocycles. The highest BCUT2D eigenvalue weighted by molar-refractivity contribution is 5.80. The van der Waals surface area contributed by atoms with Crippen LogP contribution in [0.25, 0.3) is 0 Å². The summed E-state index contributed by atoms with van der Waals surface area (Å²) in [5.41, 5.74) is 0. The third-order valence-electron chi connectivity index (χ3n) is 13.8. The molecule has 3 N–H and O–H groups in total. The highest BCUT2D eigenvalue weighted by Gasteiger charge is 2.17. The predicted octanol–water partition coefficient (Wildman–Crippen LogP) is 18.3. The van der Waals surface area contributed by atoms with Gasteiger partial charge in [-0.05, 0) is 89.9 Å². The molecule has 0 heterocycles. The molecule has 0 fully saturated rings. The van der Waals surface area contributed by atoms with Crippen molar-refractivity contribution in [3.63, 3.8) is 0 Å². The fraction of sp³-hybridized carbons (Fsp3) is 0.905. The van der Waals surface area contributed by atoms with E-state index < -0.39 is 11.9 Å². The van der Waals surface area contributed by atoms with Crippen LogP contribution in [-0.4, -0.2) is 69.1 Å². The number of unbranched alkanes of at least 4 members (excludes halogenated alkanes) is 24. The second kappa shape index (κ2) is 61.0. The van der Waals surface area contributed by atoms with Crippen molar-refractivity contribution < 1.29 is 53.6 Å². The van der Waals surface area contributed by atoms with Crippen LogP contribution >= 0.6 is 0 Å². The van der Waals surface area contributed by atoms with Gasteiger partial charge >= 0.3 is 23.9 Å². The summed E-state index contributed by atoms with van der Waals surface area (Å²) in [6.07, 6.45) is 46.8. The van der Waals surface area contributed by atoms with Gasteiger partial charge in [0.2, 0.25) is 0 Å². The molecule has 11 heteroatoms. The van der Waals surface area contributed by atoms with Gasteiger partial charge < -0.3 is 24.8 Å². The maximum Gasteiger partial charge on any atom is 0.306 e. The van der Waals surface area contributed by atoms with E-state index in [0.29, 0.717) is 51.4 Å². The normalized spacial score (nSPS) is 11.1. The number of carboxylic acids is 2. The average Bonchev–Trinajstić information content (AvgIpc) is 3.36. The smallest absolute Gasteiger partial charge is 0.306 e. The van der Waals surface area contributed by atoms with Crippen molar-refractivity contribution in [2.45, 2.75) is 368 Å². The molecule has 0 aliphatic carbocycles. The molecule has 438 valence electrons. The summed E-state index contributed by atoms with van der Waals surface area (Å²) in [6, 6.07) is 0. The number of ether oxygens (including phenoxy) is 2.